The number of nitriles is 1. The van der Waals surface area contributed by atoms with Crippen molar-refractivity contribution in [1.82, 2.24) is 4.98 Å². The van der Waals surface area contributed by atoms with Crippen LogP contribution in [0, 0.1) is 40.4 Å². The van der Waals surface area contributed by atoms with Crippen LogP contribution in [0.15, 0.2) is 48.7 Å². The second kappa shape index (κ2) is 10.2. The van der Waals surface area contributed by atoms with E-state index in [1.165, 1.54) is 13.8 Å². The van der Waals surface area contributed by atoms with Crippen molar-refractivity contribution in [2.24, 2.45) is 29.1 Å². The summed E-state index contributed by atoms with van der Waals surface area (Å²) in [5.74, 6) is -8.32. The van der Waals surface area contributed by atoms with Crippen LogP contribution in [0.5, 0.6) is 0 Å². The number of allylic oxidation sites excluding steroid dienone is 1. The molecule has 0 N–H and O–H groups in total. The van der Waals surface area contributed by atoms with E-state index in [-0.39, 0.29) is 0 Å². The number of esters is 2. The minimum Gasteiger partial charge on any atom is -0.462 e. The number of cyclic esters (lactones) is 1. The number of pyridine rings is 1. The largest absolute Gasteiger partial charge is 0.462 e. The van der Waals surface area contributed by atoms with Crippen LogP contribution in [0.4, 0.5) is 8.78 Å². The van der Waals surface area contributed by atoms with Gasteiger partial charge in [0.15, 0.2) is 0 Å². The van der Waals surface area contributed by atoms with Crippen LogP contribution < -0.4 is 0 Å². The number of hydrogen-bond acceptors (Lipinski definition) is 6. The van der Waals surface area contributed by atoms with E-state index < -0.39 is 65.1 Å². The molecule has 2 fully saturated rings. The number of ether oxygens (including phenoxy) is 2. The van der Waals surface area contributed by atoms with Crippen molar-refractivity contribution in [2.75, 3.05) is 0 Å². The molecule has 2 aromatic rings. The second-order valence-electron chi connectivity index (χ2n) is 11.7. The summed E-state index contributed by atoms with van der Waals surface area (Å²) < 4.78 is 42.3. The zero-order chi connectivity index (χ0) is 28.8. The molecule has 2 heterocycles. The summed E-state index contributed by atoms with van der Waals surface area (Å²) in [5, 5.41) is 9.39. The van der Waals surface area contributed by atoms with Crippen LogP contribution in [0.1, 0.15) is 59.2 Å². The zero-order valence-corrected chi connectivity index (χ0v) is 23.1. The fourth-order valence-corrected chi connectivity index (χ4v) is 6.11. The van der Waals surface area contributed by atoms with Crippen LogP contribution >= 0.6 is 0 Å². The molecule has 0 unspecified atom stereocenters. The van der Waals surface area contributed by atoms with Gasteiger partial charge in [-0.05, 0) is 51.8 Å². The maximum absolute atomic E-state index is 15.6. The molecule has 0 spiro atoms. The summed E-state index contributed by atoms with van der Waals surface area (Å²) in [4.78, 5) is 30.8. The Balaban J connectivity index is 1.69. The minimum atomic E-state index is -3.22. The molecule has 1 saturated heterocycles. The number of alkyl halides is 2. The van der Waals surface area contributed by atoms with Crippen molar-refractivity contribution < 1.29 is 27.8 Å². The predicted octanol–water partition coefficient (Wildman–Crippen LogP) is 6.45. The second-order valence-corrected chi connectivity index (χ2v) is 11.7. The molecule has 4 rings (SSSR count). The fourth-order valence-electron chi connectivity index (χ4n) is 6.11. The molecule has 6 atom stereocenters. The number of halogens is 2. The monoisotopic (exact) mass is 536 g/mol. The standard InChI is InChI=1S/C31H34F2N2O4/c1-18-24(14-13-23-12-11-22(16-35-23)25-10-8-7-9-21(25)15-34)26-20(3)38-28(37)30(26,17-31(18,32)33)19(2)27(36)39-29(4,5)6/h7-14,16,18-20,24,26H,17H2,1-6H3/b14-13+/t18-,19-,20+,24-,26-,30-/m0/s1. The van der Waals surface area contributed by atoms with Crippen LogP contribution in [0.3, 0.4) is 0 Å². The van der Waals surface area contributed by atoms with Gasteiger partial charge in [-0.15, -0.1) is 0 Å². The van der Waals surface area contributed by atoms with E-state index in [2.05, 4.69) is 11.1 Å². The van der Waals surface area contributed by atoms with Gasteiger partial charge in [0.25, 0.3) is 5.92 Å². The summed E-state index contributed by atoms with van der Waals surface area (Å²) >= 11 is 0. The number of benzene rings is 1. The topological polar surface area (TPSA) is 89.3 Å². The molecule has 1 aromatic heterocycles. The third kappa shape index (κ3) is 5.19. The number of hydrogen-bond donors (Lipinski definition) is 0. The molecule has 2 aliphatic rings. The Morgan fingerprint density at radius 2 is 1.92 bits per heavy atom. The molecule has 1 aliphatic heterocycles. The van der Waals surface area contributed by atoms with E-state index in [1.807, 2.05) is 18.2 Å². The van der Waals surface area contributed by atoms with Crippen LogP contribution in [0.2, 0.25) is 0 Å². The molecular formula is C31H34F2N2O4. The molecule has 6 nitrogen and oxygen atoms in total. The first-order valence-electron chi connectivity index (χ1n) is 13.2. The third-order valence-corrected chi connectivity index (χ3v) is 8.13. The molecule has 0 amide bonds. The normalized spacial score (nSPS) is 28.8. The van der Waals surface area contributed by atoms with Crippen LogP contribution in [0.25, 0.3) is 17.2 Å². The first-order valence-corrected chi connectivity index (χ1v) is 13.2. The average Bonchev–Trinajstić information content (AvgIpc) is 3.12. The zero-order valence-electron chi connectivity index (χ0n) is 23.1. The molecule has 8 heteroatoms. The molecular weight excluding hydrogens is 502 g/mol. The maximum Gasteiger partial charge on any atom is 0.313 e. The Hall–Kier alpha value is -3.60. The van der Waals surface area contributed by atoms with E-state index in [1.54, 1.807) is 64.2 Å². The lowest BCUT2D eigenvalue weighted by Crippen LogP contribution is -2.57. The van der Waals surface area contributed by atoms with Crippen molar-refractivity contribution in [3.05, 3.63) is 59.9 Å². The fraction of sp³-hybridized carbons (Fsp3) is 0.484. The number of fused-ring (bicyclic) bond motifs is 1. The highest BCUT2D eigenvalue weighted by molar-refractivity contribution is 5.88. The van der Waals surface area contributed by atoms with Gasteiger partial charge in [0.1, 0.15) is 11.7 Å². The van der Waals surface area contributed by atoms with Gasteiger partial charge in [-0.25, -0.2) is 8.78 Å². The number of carbonyl (C=O) groups is 2. The van der Waals surface area contributed by atoms with Gasteiger partial charge in [-0.2, -0.15) is 5.26 Å². The molecule has 0 radical (unpaired) electrons. The van der Waals surface area contributed by atoms with Crippen LogP contribution in [-0.4, -0.2) is 34.6 Å². The highest BCUT2D eigenvalue weighted by atomic mass is 19.3. The van der Waals surface area contributed by atoms with Crippen molar-refractivity contribution in [3.8, 4) is 17.2 Å². The van der Waals surface area contributed by atoms with Gasteiger partial charge in [0.05, 0.1) is 28.7 Å². The summed E-state index contributed by atoms with van der Waals surface area (Å²) in [6, 6.07) is 12.9. The van der Waals surface area contributed by atoms with Crippen molar-refractivity contribution in [3.63, 3.8) is 0 Å². The van der Waals surface area contributed by atoms with E-state index in [4.69, 9.17) is 9.47 Å². The minimum absolute atomic E-state index is 0.524. The smallest absolute Gasteiger partial charge is 0.313 e. The molecule has 1 aliphatic carbocycles. The summed E-state index contributed by atoms with van der Waals surface area (Å²) in [5.41, 5.74) is 0.0241. The van der Waals surface area contributed by atoms with Crippen LogP contribution in [-0.2, 0) is 19.1 Å². The number of aromatic nitrogens is 1. The van der Waals surface area contributed by atoms with E-state index in [9.17, 15) is 14.9 Å². The van der Waals surface area contributed by atoms with E-state index >= 15 is 8.78 Å². The van der Waals surface area contributed by atoms with Gasteiger partial charge in [0.2, 0.25) is 0 Å². The first kappa shape index (κ1) is 28.4. The third-order valence-electron chi connectivity index (χ3n) is 8.13. The summed E-state index contributed by atoms with van der Waals surface area (Å²) in [6.07, 6.45) is 3.54. The van der Waals surface area contributed by atoms with Crippen molar-refractivity contribution in [1.29, 1.82) is 5.26 Å². The van der Waals surface area contributed by atoms with Gasteiger partial charge in [-0.1, -0.05) is 44.2 Å². The number of rotatable bonds is 5. The Labute approximate surface area is 228 Å². The molecule has 39 heavy (non-hydrogen) atoms. The Morgan fingerprint density at radius 3 is 2.54 bits per heavy atom. The molecule has 1 aromatic carbocycles. The summed E-state index contributed by atoms with van der Waals surface area (Å²) in [7, 11) is 0. The van der Waals surface area contributed by atoms with Gasteiger partial charge < -0.3 is 9.47 Å². The maximum atomic E-state index is 15.6. The van der Waals surface area contributed by atoms with Gasteiger partial charge in [0, 0.05) is 35.6 Å². The Kier molecular flexibility index (Phi) is 7.41. The van der Waals surface area contributed by atoms with Crippen molar-refractivity contribution >= 4 is 18.0 Å². The van der Waals surface area contributed by atoms with Gasteiger partial charge in [-0.3, -0.25) is 14.6 Å². The number of nitrogens with zero attached hydrogens (tertiary/aromatic N) is 2. The van der Waals surface area contributed by atoms with Gasteiger partial charge >= 0.3 is 11.9 Å². The lowest BCUT2D eigenvalue weighted by molar-refractivity contribution is -0.193. The molecule has 0 bridgehead atoms. The predicted molar refractivity (Wildman–Crippen MR) is 142 cm³/mol. The first-order chi connectivity index (χ1) is 18.2. The average molecular weight is 537 g/mol. The Morgan fingerprint density at radius 1 is 1.23 bits per heavy atom. The summed E-state index contributed by atoms with van der Waals surface area (Å²) in [6.45, 7) is 9.76. The lowest BCUT2D eigenvalue weighted by atomic mass is 9.52. The lowest BCUT2D eigenvalue weighted by Gasteiger charge is -2.49. The van der Waals surface area contributed by atoms with E-state index in [0.717, 1.165) is 11.1 Å². The quantitative estimate of drug-likeness (QED) is 0.408. The van der Waals surface area contributed by atoms with E-state index in [0.29, 0.717) is 11.3 Å². The molecule has 1 saturated carbocycles. The highest BCUT2D eigenvalue weighted by Gasteiger charge is 2.71. The highest BCUT2D eigenvalue weighted by Crippen LogP contribution is 2.62. The number of carbonyl (C=O) groups excluding carboxylic acids is 2. The SMILES string of the molecule is C[C@H]1OC(=O)[C@]2([C@@H](C)C(=O)OC(C)(C)C)CC(F)(F)[C@@H](C)[C@H](/C=C/c3ccc(-c4ccccc4C#N)cn3)[C@H]12. The molecule has 206 valence electrons. The van der Waals surface area contributed by atoms with Crippen molar-refractivity contribution in [2.45, 2.75) is 65.6 Å². The Bertz CT molecular complexity index is 1330.